The quantitative estimate of drug-likeness (QED) is 0.486. The summed E-state index contributed by atoms with van der Waals surface area (Å²) in [5, 5.41) is 13.0. The number of benzene rings is 1. The van der Waals surface area contributed by atoms with E-state index in [9.17, 15) is 5.11 Å². The number of ether oxygens (including phenoxy) is 1. The van der Waals surface area contributed by atoms with E-state index in [-0.39, 0.29) is 5.92 Å². The van der Waals surface area contributed by atoms with Crippen LogP contribution in [-0.2, 0) is 6.42 Å². The SMILES string of the molecule is CCCCCCOc1ccc(CCCC(C)C(O)c2nccs2)cc1. The fourth-order valence-corrected chi connectivity index (χ4v) is 3.64. The number of hydrogen-bond donors (Lipinski definition) is 1. The first kappa shape index (κ1) is 19.9. The van der Waals surface area contributed by atoms with E-state index in [4.69, 9.17) is 4.74 Å². The third kappa shape index (κ3) is 7.17. The second-order valence-electron chi connectivity index (χ2n) is 6.74. The minimum absolute atomic E-state index is 0.233. The van der Waals surface area contributed by atoms with Crippen molar-refractivity contribution in [1.82, 2.24) is 4.98 Å². The van der Waals surface area contributed by atoms with Crippen molar-refractivity contribution in [2.75, 3.05) is 6.61 Å². The molecule has 2 unspecified atom stereocenters. The molecular formula is C21H31NO2S. The van der Waals surface area contributed by atoms with Crippen LogP contribution in [0.5, 0.6) is 5.75 Å². The van der Waals surface area contributed by atoms with E-state index in [0.717, 1.165) is 43.0 Å². The molecule has 1 aromatic heterocycles. The normalized spacial score (nSPS) is 13.6. The monoisotopic (exact) mass is 361 g/mol. The van der Waals surface area contributed by atoms with E-state index >= 15 is 0 Å². The van der Waals surface area contributed by atoms with Crippen LogP contribution < -0.4 is 4.74 Å². The molecule has 0 bridgehead atoms. The summed E-state index contributed by atoms with van der Waals surface area (Å²) < 4.78 is 5.78. The van der Waals surface area contributed by atoms with E-state index < -0.39 is 6.10 Å². The molecule has 0 amide bonds. The van der Waals surface area contributed by atoms with Crippen LogP contribution in [0.15, 0.2) is 35.8 Å². The number of unbranched alkanes of at least 4 members (excludes halogenated alkanes) is 3. The van der Waals surface area contributed by atoms with Gasteiger partial charge in [-0.25, -0.2) is 4.98 Å². The molecule has 0 saturated heterocycles. The van der Waals surface area contributed by atoms with Crippen LogP contribution in [0, 0.1) is 5.92 Å². The number of aliphatic hydroxyl groups is 1. The predicted molar refractivity (Wildman–Crippen MR) is 105 cm³/mol. The molecule has 2 atom stereocenters. The van der Waals surface area contributed by atoms with E-state index in [1.807, 2.05) is 5.38 Å². The van der Waals surface area contributed by atoms with Crippen molar-refractivity contribution in [3.63, 3.8) is 0 Å². The molecule has 2 aromatic rings. The molecular weight excluding hydrogens is 330 g/mol. The van der Waals surface area contributed by atoms with Gasteiger partial charge in [0.1, 0.15) is 16.9 Å². The van der Waals surface area contributed by atoms with Gasteiger partial charge in [0.25, 0.3) is 0 Å². The summed E-state index contributed by atoms with van der Waals surface area (Å²) in [6, 6.07) is 8.46. The maximum Gasteiger partial charge on any atom is 0.121 e. The van der Waals surface area contributed by atoms with E-state index in [2.05, 4.69) is 43.1 Å². The van der Waals surface area contributed by atoms with Gasteiger partial charge in [-0.3, -0.25) is 0 Å². The van der Waals surface area contributed by atoms with Crippen molar-refractivity contribution in [2.24, 2.45) is 5.92 Å². The Morgan fingerprint density at radius 3 is 2.60 bits per heavy atom. The smallest absolute Gasteiger partial charge is 0.121 e. The summed E-state index contributed by atoms with van der Waals surface area (Å²) in [5.41, 5.74) is 1.33. The highest BCUT2D eigenvalue weighted by Crippen LogP contribution is 2.27. The molecule has 25 heavy (non-hydrogen) atoms. The molecule has 1 N–H and O–H groups in total. The molecule has 138 valence electrons. The summed E-state index contributed by atoms with van der Waals surface area (Å²) in [5.74, 6) is 1.20. The second kappa shape index (κ2) is 11.3. The Balaban J connectivity index is 1.65. The van der Waals surface area contributed by atoms with E-state index in [1.165, 1.54) is 36.2 Å². The Kier molecular flexibility index (Phi) is 8.98. The fraction of sp³-hybridized carbons (Fsp3) is 0.571. The van der Waals surface area contributed by atoms with Gasteiger partial charge in [0.05, 0.1) is 6.61 Å². The van der Waals surface area contributed by atoms with Gasteiger partial charge in [0.15, 0.2) is 0 Å². The molecule has 0 aliphatic rings. The zero-order chi connectivity index (χ0) is 17.9. The van der Waals surface area contributed by atoms with Crippen LogP contribution in [0.3, 0.4) is 0 Å². The zero-order valence-electron chi connectivity index (χ0n) is 15.5. The van der Waals surface area contributed by atoms with Gasteiger partial charge in [-0.15, -0.1) is 11.3 Å². The van der Waals surface area contributed by atoms with Crippen molar-refractivity contribution < 1.29 is 9.84 Å². The number of rotatable bonds is 12. The first-order valence-electron chi connectivity index (χ1n) is 9.50. The van der Waals surface area contributed by atoms with Gasteiger partial charge in [0, 0.05) is 11.6 Å². The highest BCUT2D eigenvalue weighted by molar-refractivity contribution is 7.09. The number of aromatic nitrogens is 1. The molecule has 1 aromatic carbocycles. The zero-order valence-corrected chi connectivity index (χ0v) is 16.3. The lowest BCUT2D eigenvalue weighted by molar-refractivity contribution is 0.111. The summed E-state index contributed by atoms with van der Waals surface area (Å²) in [4.78, 5) is 4.21. The first-order valence-corrected chi connectivity index (χ1v) is 10.4. The lowest BCUT2D eigenvalue weighted by Crippen LogP contribution is -2.09. The summed E-state index contributed by atoms with van der Waals surface area (Å²) in [6.45, 7) is 5.13. The molecule has 2 rings (SSSR count). The van der Waals surface area contributed by atoms with Crippen molar-refractivity contribution in [3.05, 3.63) is 46.4 Å². The van der Waals surface area contributed by atoms with Crippen molar-refractivity contribution in [2.45, 2.75) is 64.9 Å². The Hall–Kier alpha value is -1.39. The molecule has 3 nitrogen and oxygen atoms in total. The Morgan fingerprint density at radius 2 is 1.92 bits per heavy atom. The first-order chi connectivity index (χ1) is 12.2. The van der Waals surface area contributed by atoms with Crippen LogP contribution in [0.4, 0.5) is 0 Å². The highest BCUT2D eigenvalue weighted by Gasteiger charge is 2.18. The Labute approximate surface area is 156 Å². The van der Waals surface area contributed by atoms with Gasteiger partial charge < -0.3 is 9.84 Å². The Bertz CT molecular complexity index is 568. The van der Waals surface area contributed by atoms with E-state index in [0.29, 0.717) is 0 Å². The molecule has 4 heteroatoms. The second-order valence-corrected chi connectivity index (χ2v) is 7.66. The van der Waals surface area contributed by atoms with Crippen molar-refractivity contribution in [1.29, 1.82) is 0 Å². The number of nitrogens with zero attached hydrogens (tertiary/aromatic N) is 1. The van der Waals surface area contributed by atoms with Gasteiger partial charge in [-0.05, 0) is 49.3 Å². The van der Waals surface area contributed by atoms with Crippen LogP contribution in [-0.4, -0.2) is 16.7 Å². The minimum atomic E-state index is -0.441. The molecule has 1 heterocycles. The lowest BCUT2D eigenvalue weighted by Gasteiger charge is -2.16. The highest BCUT2D eigenvalue weighted by atomic mass is 32.1. The van der Waals surface area contributed by atoms with Crippen molar-refractivity contribution in [3.8, 4) is 5.75 Å². The fourth-order valence-electron chi connectivity index (χ4n) is 2.88. The molecule has 0 fully saturated rings. The van der Waals surface area contributed by atoms with Gasteiger partial charge >= 0.3 is 0 Å². The topological polar surface area (TPSA) is 42.4 Å². The summed E-state index contributed by atoms with van der Waals surface area (Å²) in [7, 11) is 0. The lowest BCUT2D eigenvalue weighted by atomic mass is 9.96. The molecule has 0 aliphatic heterocycles. The molecule has 0 radical (unpaired) electrons. The predicted octanol–water partition coefficient (Wildman–Crippen LogP) is 5.79. The molecule has 0 spiro atoms. The summed E-state index contributed by atoms with van der Waals surface area (Å²) in [6.07, 6.45) is 9.34. The standard InChI is InChI=1S/C21H31NO2S/c1-3-4-5-6-15-24-19-12-10-18(11-13-19)9-7-8-17(2)20(23)21-22-14-16-25-21/h10-14,16-17,20,23H,3-9,15H2,1-2H3. The minimum Gasteiger partial charge on any atom is -0.494 e. The maximum atomic E-state index is 10.3. The van der Waals surface area contributed by atoms with E-state index in [1.54, 1.807) is 6.20 Å². The van der Waals surface area contributed by atoms with Gasteiger partial charge in [-0.2, -0.15) is 0 Å². The van der Waals surface area contributed by atoms with Crippen LogP contribution >= 0.6 is 11.3 Å². The maximum absolute atomic E-state index is 10.3. The average Bonchev–Trinajstić information content (AvgIpc) is 3.16. The van der Waals surface area contributed by atoms with Gasteiger partial charge in [0.2, 0.25) is 0 Å². The van der Waals surface area contributed by atoms with Crippen LogP contribution in [0.1, 0.15) is 69.0 Å². The summed E-state index contributed by atoms with van der Waals surface area (Å²) >= 11 is 1.53. The van der Waals surface area contributed by atoms with Crippen molar-refractivity contribution >= 4 is 11.3 Å². The third-order valence-corrected chi connectivity index (χ3v) is 5.40. The average molecular weight is 362 g/mol. The number of thiazole rings is 1. The largest absolute Gasteiger partial charge is 0.494 e. The molecule has 0 aliphatic carbocycles. The van der Waals surface area contributed by atoms with Crippen LogP contribution in [0.25, 0.3) is 0 Å². The van der Waals surface area contributed by atoms with Gasteiger partial charge in [-0.1, -0.05) is 45.2 Å². The molecule has 0 saturated carbocycles. The number of hydrogen-bond acceptors (Lipinski definition) is 4. The Morgan fingerprint density at radius 1 is 1.12 bits per heavy atom. The number of aliphatic hydroxyl groups excluding tert-OH is 1. The number of aryl methyl sites for hydroxylation is 1. The third-order valence-electron chi connectivity index (χ3n) is 4.56. The van der Waals surface area contributed by atoms with Crippen LogP contribution in [0.2, 0.25) is 0 Å².